The summed E-state index contributed by atoms with van der Waals surface area (Å²) in [5.74, 6) is 0.186. The molecule has 0 aromatic carbocycles. The van der Waals surface area contributed by atoms with E-state index in [1.165, 1.54) is 19.7 Å². The average Bonchev–Trinajstić information content (AvgIpc) is 2.73. The van der Waals surface area contributed by atoms with E-state index in [1.807, 2.05) is 6.92 Å². The molecule has 0 spiro atoms. The van der Waals surface area contributed by atoms with Gasteiger partial charge in [-0.05, 0) is 26.1 Å². The van der Waals surface area contributed by atoms with Gasteiger partial charge in [-0.15, -0.1) is 0 Å². The molecule has 1 rings (SSSR count). The minimum absolute atomic E-state index is 0.00109. The van der Waals surface area contributed by atoms with Crippen LogP contribution >= 0.6 is 0 Å². The van der Waals surface area contributed by atoms with Crippen molar-refractivity contribution in [1.82, 2.24) is 10.2 Å². The highest BCUT2D eigenvalue weighted by atomic mass is 16.4. The third kappa shape index (κ3) is 10.6. The summed E-state index contributed by atoms with van der Waals surface area (Å²) < 4.78 is 0. The average molecular weight is 314 g/mol. The van der Waals surface area contributed by atoms with Crippen molar-refractivity contribution in [2.24, 2.45) is 5.92 Å². The maximum atomic E-state index is 12.0. The van der Waals surface area contributed by atoms with Crippen LogP contribution in [0.4, 0.5) is 0 Å². The van der Waals surface area contributed by atoms with Gasteiger partial charge in [-0.2, -0.15) is 0 Å². The van der Waals surface area contributed by atoms with E-state index in [0.29, 0.717) is 0 Å². The normalized spacial score (nSPS) is 15.1. The van der Waals surface area contributed by atoms with Crippen molar-refractivity contribution >= 4 is 18.9 Å². The van der Waals surface area contributed by atoms with E-state index in [1.54, 1.807) is 11.9 Å². The van der Waals surface area contributed by atoms with Crippen molar-refractivity contribution in [2.75, 3.05) is 20.1 Å². The van der Waals surface area contributed by atoms with Crippen molar-refractivity contribution in [2.45, 2.75) is 58.7 Å². The van der Waals surface area contributed by atoms with Crippen LogP contribution in [0.1, 0.15) is 51.9 Å². The van der Waals surface area contributed by atoms with Crippen LogP contribution in [-0.4, -0.2) is 54.0 Å². The van der Waals surface area contributed by atoms with Crippen molar-refractivity contribution in [3.63, 3.8) is 0 Å². The lowest BCUT2D eigenvalue weighted by Gasteiger charge is -2.18. The molecule has 7 heteroatoms. The Morgan fingerprint density at radius 3 is 2.14 bits per heavy atom. The molecular formula is C15H31BN2O4. The number of rotatable bonds is 5. The van der Waals surface area contributed by atoms with Gasteiger partial charge in [0.2, 0.25) is 11.8 Å². The Labute approximate surface area is 134 Å². The lowest BCUT2D eigenvalue weighted by molar-refractivity contribution is -0.133. The molecule has 0 aromatic heterocycles. The van der Waals surface area contributed by atoms with Gasteiger partial charge in [0, 0.05) is 19.5 Å². The lowest BCUT2D eigenvalue weighted by Crippen LogP contribution is -2.40. The van der Waals surface area contributed by atoms with E-state index in [9.17, 15) is 9.59 Å². The van der Waals surface area contributed by atoms with Gasteiger partial charge < -0.3 is 20.3 Å². The van der Waals surface area contributed by atoms with Crippen molar-refractivity contribution < 1.29 is 19.6 Å². The largest absolute Gasteiger partial charge is 0.448 e. The van der Waals surface area contributed by atoms with E-state index in [-0.39, 0.29) is 24.3 Å². The summed E-state index contributed by atoms with van der Waals surface area (Å²) in [6.45, 7) is 4.21. The number of likely N-dealkylation sites (N-methyl/N-ethyl adjacent to an activating group) is 1. The fraction of sp³-hybridized carbons (Fsp3) is 0.867. The number of hydrogen-bond acceptors (Lipinski definition) is 4. The molecule has 0 heterocycles. The first-order chi connectivity index (χ1) is 10.4. The summed E-state index contributed by atoms with van der Waals surface area (Å²) in [4.78, 5) is 25.3. The maximum Gasteiger partial charge on any atom is 0.448 e. The maximum absolute atomic E-state index is 12.0. The predicted octanol–water partition coefficient (Wildman–Crippen LogP) is 1.03. The second kappa shape index (κ2) is 12.5. The summed E-state index contributed by atoms with van der Waals surface area (Å²) in [6, 6.07) is 0. The fourth-order valence-electron chi connectivity index (χ4n) is 2.44. The van der Waals surface area contributed by atoms with Crippen LogP contribution in [0.3, 0.4) is 0 Å². The van der Waals surface area contributed by atoms with Crippen LogP contribution in [0.15, 0.2) is 0 Å². The van der Waals surface area contributed by atoms with Crippen LogP contribution in [0, 0.1) is 5.92 Å². The minimum atomic E-state index is -1.17. The second-order valence-electron chi connectivity index (χ2n) is 5.85. The molecular weight excluding hydrogens is 283 g/mol. The molecule has 1 aliphatic rings. The molecule has 1 saturated carbocycles. The Morgan fingerprint density at radius 2 is 1.68 bits per heavy atom. The van der Waals surface area contributed by atoms with Gasteiger partial charge in [0.25, 0.3) is 0 Å². The molecule has 0 radical (unpaired) electrons. The first kappa shape index (κ1) is 20.9. The molecule has 3 N–H and O–H groups in total. The van der Waals surface area contributed by atoms with Gasteiger partial charge in [-0.25, -0.2) is 0 Å². The molecule has 22 heavy (non-hydrogen) atoms. The van der Waals surface area contributed by atoms with E-state index in [0.717, 1.165) is 38.6 Å². The van der Waals surface area contributed by atoms with Crippen LogP contribution in [-0.2, 0) is 9.59 Å². The molecule has 6 nitrogen and oxygen atoms in total. The standard InChI is InChI=1S/C14H26N2O2.CH5BO2/c1-3-10-16(2)13(17)11-15-14(18)12-8-6-4-5-7-9-12;1-2(3)4/h12H,3-11H2,1-2H3,(H,15,18);3-4H,1H3. The quantitative estimate of drug-likeness (QED) is 0.522. The van der Waals surface area contributed by atoms with Gasteiger partial charge >= 0.3 is 7.12 Å². The molecule has 0 saturated heterocycles. The predicted molar refractivity (Wildman–Crippen MR) is 88.2 cm³/mol. The number of carbonyl (C=O) groups is 2. The zero-order chi connectivity index (χ0) is 17.0. The molecule has 0 unspecified atom stereocenters. The first-order valence-corrected chi connectivity index (χ1v) is 8.26. The molecule has 1 fully saturated rings. The molecule has 0 aliphatic heterocycles. The highest BCUT2D eigenvalue weighted by Gasteiger charge is 2.20. The zero-order valence-corrected chi connectivity index (χ0v) is 14.2. The van der Waals surface area contributed by atoms with E-state index >= 15 is 0 Å². The SMILES string of the molecule is CB(O)O.CCCN(C)C(=O)CNC(=O)C1CCCCCC1. The zero-order valence-electron chi connectivity index (χ0n) is 14.2. The Bertz CT molecular complexity index is 316. The topological polar surface area (TPSA) is 89.9 Å². The van der Waals surface area contributed by atoms with Crippen molar-refractivity contribution in [1.29, 1.82) is 0 Å². The number of nitrogens with one attached hydrogen (secondary N) is 1. The number of amides is 2. The summed E-state index contributed by atoms with van der Waals surface area (Å²) in [6.07, 6.45) is 7.65. The summed E-state index contributed by atoms with van der Waals surface area (Å²) in [5.41, 5.74) is 0. The Balaban J connectivity index is 0.000000980. The fourth-order valence-corrected chi connectivity index (χ4v) is 2.44. The van der Waals surface area contributed by atoms with Crippen molar-refractivity contribution in [3.05, 3.63) is 0 Å². The van der Waals surface area contributed by atoms with Gasteiger partial charge in [-0.3, -0.25) is 9.59 Å². The molecule has 0 atom stereocenters. The first-order valence-electron chi connectivity index (χ1n) is 8.26. The Morgan fingerprint density at radius 1 is 1.18 bits per heavy atom. The van der Waals surface area contributed by atoms with Crippen LogP contribution < -0.4 is 5.32 Å². The number of nitrogens with zero attached hydrogens (tertiary/aromatic N) is 1. The molecule has 2 amide bonds. The third-order valence-corrected chi connectivity index (χ3v) is 3.62. The number of carbonyl (C=O) groups excluding carboxylic acids is 2. The van der Waals surface area contributed by atoms with Gasteiger partial charge in [0.15, 0.2) is 0 Å². The summed E-state index contributed by atoms with van der Waals surface area (Å²) in [5, 5.41) is 18.0. The molecule has 0 aromatic rings. The number of hydrogen-bond donors (Lipinski definition) is 3. The highest BCUT2D eigenvalue weighted by Crippen LogP contribution is 2.22. The van der Waals surface area contributed by atoms with Crippen LogP contribution in [0.2, 0.25) is 6.82 Å². The van der Waals surface area contributed by atoms with E-state index < -0.39 is 7.12 Å². The monoisotopic (exact) mass is 314 g/mol. The Kier molecular flexibility index (Phi) is 11.9. The van der Waals surface area contributed by atoms with Crippen LogP contribution in [0.5, 0.6) is 0 Å². The smallest absolute Gasteiger partial charge is 0.427 e. The third-order valence-electron chi connectivity index (χ3n) is 3.62. The van der Waals surface area contributed by atoms with Gasteiger partial charge in [-0.1, -0.05) is 32.6 Å². The van der Waals surface area contributed by atoms with Crippen molar-refractivity contribution in [3.8, 4) is 0 Å². The van der Waals surface area contributed by atoms with E-state index in [2.05, 4.69) is 5.32 Å². The van der Waals surface area contributed by atoms with Crippen LogP contribution in [0.25, 0.3) is 0 Å². The minimum Gasteiger partial charge on any atom is -0.427 e. The van der Waals surface area contributed by atoms with E-state index in [4.69, 9.17) is 10.0 Å². The molecule has 0 bridgehead atoms. The molecule has 128 valence electrons. The van der Waals surface area contributed by atoms with Gasteiger partial charge in [0.1, 0.15) is 0 Å². The summed E-state index contributed by atoms with van der Waals surface area (Å²) >= 11 is 0. The molecule has 1 aliphatic carbocycles. The van der Waals surface area contributed by atoms with Gasteiger partial charge in [0.05, 0.1) is 6.54 Å². The highest BCUT2D eigenvalue weighted by molar-refractivity contribution is 6.38. The second-order valence-corrected chi connectivity index (χ2v) is 5.85. The summed E-state index contributed by atoms with van der Waals surface area (Å²) in [7, 11) is 0.615. The lowest BCUT2D eigenvalue weighted by atomic mass is 9.99. The Hall–Kier alpha value is -1.08.